The van der Waals surface area contributed by atoms with Crippen LogP contribution in [0.5, 0.6) is 5.75 Å². The molecular formula is C19H18FN3O4S. The Labute approximate surface area is 165 Å². The number of rotatable bonds is 5. The number of carbonyl (C=O) groups is 3. The monoisotopic (exact) mass is 403 g/mol. The van der Waals surface area contributed by atoms with Crippen LogP contribution in [0.15, 0.2) is 53.4 Å². The number of ether oxygens (including phenoxy) is 1. The second-order valence-corrected chi connectivity index (χ2v) is 7.29. The zero-order valence-corrected chi connectivity index (χ0v) is 15.7. The van der Waals surface area contributed by atoms with Crippen LogP contribution in [0, 0.1) is 5.82 Å². The molecule has 0 saturated heterocycles. The Morgan fingerprint density at radius 2 is 1.89 bits per heavy atom. The molecule has 0 radical (unpaired) electrons. The lowest BCUT2D eigenvalue weighted by Gasteiger charge is -2.23. The first kappa shape index (κ1) is 19.7. The smallest absolute Gasteiger partial charge is 0.279 e. The van der Waals surface area contributed by atoms with Gasteiger partial charge < -0.3 is 10.1 Å². The van der Waals surface area contributed by atoms with E-state index in [1.165, 1.54) is 43.0 Å². The molecule has 2 atom stereocenters. The molecule has 3 N–H and O–H groups in total. The summed E-state index contributed by atoms with van der Waals surface area (Å²) in [6.07, 6.45) is -1.01. The van der Waals surface area contributed by atoms with Gasteiger partial charge in [0.25, 0.3) is 5.91 Å². The summed E-state index contributed by atoms with van der Waals surface area (Å²) in [6, 6.07) is 12.5. The van der Waals surface area contributed by atoms with E-state index in [1.807, 2.05) is 18.2 Å². The van der Waals surface area contributed by atoms with Crippen molar-refractivity contribution >= 4 is 35.2 Å². The Morgan fingerprint density at radius 1 is 1.18 bits per heavy atom. The largest absolute Gasteiger partial charge is 0.481 e. The summed E-state index contributed by atoms with van der Waals surface area (Å²) in [4.78, 5) is 37.1. The maximum absolute atomic E-state index is 12.9. The number of para-hydroxylation sites is 1. The van der Waals surface area contributed by atoms with E-state index in [-0.39, 0.29) is 12.3 Å². The fourth-order valence-corrected chi connectivity index (χ4v) is 3.56. The molecule has 146 valence electrons. The molecule has 0 aliphatic carbocycles. The van der Waals surface area contributed by atoms with Crippen LogP contribution in [0.4, 0.5) is 10.1 Å². The molecule has 1 aliphatic heterocycles. The minimum absolute atomic E-state index is 0.0989. The predicted molar refractivity (Wildman–Crippen MR) is 102 cm³/mol. The van der Waals surface area contributed by atoms with Gasteiger partial charge >= 0.3 is 0 Å². The quantitative estimate of drug-likeness (QED) is 0.666. The number of anilines is 1. The average Bonchev–Trinajstić information content (AvgIpc) is 2.68. The molecule has 2 aromatic rings. The van der Waals surface area contributed by atoms with E-state index < -0.39 is 29.0 Å². The molecule has 0 saturated carbocycles. The number of hydrogen-bond donors (Lipinski definition) is 3. The van der Waals surface area contributed by atoms with Gasteiger partial charge in [-0.15, -0.1) is 11.8 Å². The maximum Gasteiger partial charge on any atom is 0.279 e. The summed E-state index contributed by atoms with van der Waals surface area (Å²) in [5.74, 6) is -1.44. The highest BCUT2D eigenvalue weighted by Crippen LogP contribution is 2.36. The summed E-state index contributed by atoms with van der Waals surface area (Å²) in [7, 11) is 0. The molecule has 0 fully saturated rings. The average molecular weight is 403 g/mol. The highest BCUT2D eigenvalue weighted by molar-refractivity contribution is 8.01. The highest BCUT2D eigenvalue weighted by atomic mass is 32.2. The SMILES string of the molecule is C[C@@H](Oc1ccc(F)cc1)C(=O)NNC(=O)C[C@H]1Sc2ccccc2NC1=O. The van der Waals surface area contributed by atoms with E-state index in [4.69, 9.17) is 4.74 Å². The second-order valence-electron chi connectivity index (χ2n) is 6.05. The summed E-state index contributed by atoms with van der Waals surface area (Å²) >= 11 is 1.30. The van der Waals surface area contributed by atoms with E-state index in [0.717, 1.165) is 4.90 Å². The first-order chi connectivity index (χ1) is 13.4. The minimum Gasteiger partial charge on any atom is -0.481 e. The van der Waals surface area contributed by atoms with Gasteiger partial charge in [-0.25, -0.2) is 4.39 Å². The summed E-state index contributed by atoms with van der Waals surface area (Å²) < 4.78 is 18.3. The number of hydrazine groups is 1. The van der Waals surface area contributed by atoms with Crippen LogP contribution >= 0.6 is 11.8 Å². The van der Waals surface area contributed by atoms with E-state index in [9.17, 15) is 18.8 Å². The van der Waals surface area contributed by atoms with Crippen molar-refractivity contribution in [1.82, 2.24) is 10.9 Å². The topological polar surface area (TPSA) is 96.5 Å². The highest BCUT2D eigenvalue weighted by Gasteiger charge is 2.29. The van der Waals surface area contributed by atoms with Crippen LogP contribution in [0.1, 0.15) is 13.3 Å². The van der Waals surface area contributed by atoms with Gasteiger partial charge in [0, 0.05) is 11.3 Å². The molecule has 2 aromatic carbocycles. The van der Waals surface area contributed by atoms with Crippen molar-refractivity contribution in [1.29, 1.82) is 0 Å². The third-order valence-corrected chi connectivity index (χ3v) is 5.17. The van der Waals surface area contributed by atoms with Gasteiger partial charge in [0.15, 0.2) is 6.10 Å². The fourth-order valence-electron chi connectivity index (χ4n) is 2.45. The number of amides is 3. The van der Waals surface area contributed by atoms with Crippen molar-refractivity contribution in [2.45, 2.75) is 29.6 Å². The Kier molecular flexibility index (Phi) is 6.15. The van der Waals surface area contributed by atoms with Crippen molar-refractivity contribution in [3.8, 4) is 5.75 Å². The molecule has 7 nitrogen and oxygen atoms in total. The maximum atomic E-state index is 12.9. The predicted octanol–water partition coefficient (Wildman–Crippen LogP) is 2.24. The van der Waals surface area contributed by atoms with E-state index >= 15 is 0 Å². The van der Waals surface area contributed by atoms with Crippen molar-refractivity contribution in [2.75, 3.05) is 5.32 Å². The molecule has 0 bridgehead atoms. The van der Waals surface area contributed by atoms with Crippen LogP contribution in [0.2, 0.25) is 0 Å². The normalized spacial score (nSPS) is 16.4. The lowest BCUT2D eigenvalue weighted by Crippen LogP contribution is -2.48. The summed E-state index contributed by atoms with van der Waals surface area (Å²) in [6.45, 7) is 1.49. The lowest BCUT2D eigenvalue weighted by atomic mass is 10.2. The Hall–Kier alpha value is -3.07. The zero-order chi connectivity index (χ0) is 20.1. The Morgan fingerprint density at radius 3 is 2.64 bits per heavy atom. The molecule has 3 amide bonds. The van der Waals surface area contributed by atoms with E-state index in [0.29, 0.717) is 11.4 Å². The molecule has 9 heteroatoms. The van der Waals surface area contributed by atoms with E-state index in [1.54, 1.807) is 6.07 Å². The van der Waals surface area contributed by atoms with Crippen LogP contribution in [-0.2, 0) is 14.4 Å². The van der Waals surface area contributed by atoms with Gasteiger partial charge in [-0.1, -0.05) is 12.1 Å². The van der Waals surface area contributed by atoms with Gasteiger partial charge in [-0.3, -0.25) is 25.2 Å². The number of thioether (sulfide) groups is 1. The lowest BCUT2D eigenvalue weighted by molar-refractivity contribution is -0.133. The number of halogens is 1. The standard InChI is InChI=1S/C19H18FN3O4S/c1-11(27-13-8-6-12(20)7-9-13)18(25)23-22-17(24)10-16-19(26)21-14-4-2-3-5-15(14)28-16/h2-9,11,16H,10H2,1H3,(H,21,26)(H,22,24)(H,23,25)/t11-,16-/m1/s1. The molecule has 0 unspecified atom stereocenters. The van der Waals surface area contributed by atoms with E-state index in [2.05, 4.69) is 16.2 Å². The van der Waals surface area contributed by atoms with Gasteiger partial charge in [-0.2, -0.15) is 0 Å². The molecular weight excluding hydrogens is 385 g/mol. The zero-order valence-electron chi connectivity index (χ0n) is 14.9. The number of carbonyl (C=O) groups excluding carboxylic acids is 3. The van der Waals surface area contributed by atoms with Gasteiger partial charge in [-0.05, 0) is 43.3 Å². The van der Waals surface area contributed by atoms with Crippen LogP contribution in [0.25, 0.3) is 0 Å². The molecule has 1 aliphatic rings. The summed E-state index contributed by atoms with van der Waals surface area (Å²) in [5, 5.41) is 2.16. The third-order valence-electron chi connectivity index (χ3n) is 3.90. The minimum atomic E-state index is -0.912. The molecule has 0 spiro atoms. The first-order valence-electron chi connectivity index (χ1n) is 8.50. The molecule has 28 heavy (non-hydrogen) atoms. The third kappa shape index (κ3) is 5.01. The van der Waals surface area contributed by atoms with Crippen molar-refractivity contribution in [2.24, 2.45) is 0 Å². The fraction of sp³-hybridized carbons (Fsp3) is 0.211. The number of hydrogen-bond acceptors (Lipinski definition) is 5. The number of benzene rings is 2. The Balaban J connectivity index is 1.46. The first-order valence-corrected chi connectivity index (χ1v) is 9.38. The molecule has 3 rings (SSSR count). The second kappa shape index (κ2) is 8.75. The Bertz CT molecular complexity index is 891. The van der Waals surface area contributed by atoms with Crippen molar-refractivity contribution < 1.29 is 23.5 Å². The van der Waals surface area contributed by atoms with Crippen molar-refractivity contribution in [3.05, 3.63) is 54.3 Å². The molecule has 0 aromatic heterocycles. The van der Waals surface area contributed by atoms with Gasteiger partial charge in [0.2, 0.25) is 11.8 Å². The number of nitrogens with one attached hydrogen (secondary N) is 3. The number of fused-ring (bicyclic) bond motifs is 1. The van der Waals surface area contributed by atoms with Crippen LogP contribution < -0.4 is 20.9 Å². The molecule has 1 heterocycles. The van der Waals surface area contributed by atoms with Gasteiger partial charge in [0.1, 0.15) is 11.6 Å². The van der Waals surface area contributed by atoms with Gasteiger partial charge in [0.05, 0.1) is 10.9 Å². The van der Waals surface area contributed by atoms with Crippen LogP contribution in [-0.4, -0.2) is 29.1 Å². The van der Waals surface area contributed by atoms with Crippen LogP contribution in [0.3, 0.4) is 0 Å². The van der Waals surface area contributed by atoms with Crippen molar-refractivity contribution in [3.63, 3.8) is 0 Å². The summed E-state index contributed by atoms with van der Waals surface area (Å²) in [5.41, 5.74) is 5.25.